The minimum atomic E-state index is 0.372. The molecule has 1 unspecified atom stereocenters. The van der Waals surface area contributed by atoms with Crippen LogP contribution >= 0.6 is 11.8 Å². The molecule has 0 spiro atoms. The lowest BCUT2D eigenvalue weighted by Gasteiger charge is -2.41. The van der Waals surface area contributed by atoms with Crippen LogP contribution < -0.4 is 5.32 Å². The lowest BCUT2D eigenvalue weighted by Crippen LogP contribution is -2.44. The number of hydrogen-bond acceptors (Lipinski definition) is 3. The highest BCUT2D eigenvalue weighted by atomic mass is 32.2. The van der Waals surface area contributed by atoms with E-state index in [-0.39, 0.29) is 0 Å². The summed E-state index contributed by atoms with van der Waals surface area (Å²) in [5, 5.41) is 10.6. The van der Waals surface area contributed by atoms with Crippen LogP contribution in [0.15, 0.2) is 12.3 Å². The van der Waals surface area contributed by atoms with Crippen LogP contribution in [0.1, 0.15) is 37.9 Å². The molecule has 1 heterocycles. The van der Waals surface area contributed by atoms with E-state index in [0.717, 1.165) is 6.54 Å². The Labute approximate surface area is 95.4 Å². The molecule has 1 saturated carbocycles. The third-order valence-corrected chi connectivity index (χ3v) is 4.84. The summed E-state index contributed by atoms with van der Waals surface area (Å²) in [4.78, 5) is 0. The minimum Gasteiger partial charge on any atom is -0.307 e. The largest absolute Gasteiger partial charge is 0.307 e. The lowest BCUT2D eigenvalue weighted by atomic mass is 9.84. The predicted molar refractivity (Wildman–Crippen MR) is 65.1 cm³/mol. The molecule has 4 heteroatoms. The summed E-state index contributed by atoms with van der Waals surface area (Å²) in [6, 6.07) is 2.40. The molecule has 1 aliphatic carbocycles. The van der Waals surface area contributed by atoms with Crippen molar-refractivity contribution in [1.29, 1.82) is 0 Å². The fraction of sp³-hybridized carbons (Fsp3) is 0.727. The highest BCUT2D eigenvalue weighted by Crippen LogP contribution is 2.42. The van der Waals surface area contributed by atoms with Crippen LogP contribution in [0.4, 0.5) is 0 Å². The first kappa shape index (κ1) is 11.0. The van der Waals surface area contributed by atoms with Gasteiger partial charge in [-0.2, -0.15) is 16.9 Å². The van der Waals surface area contributed by atoms with Gasteiger partial charge in [0.2, 0.25) is 0 Å². The molecule has 1 aliphatic rings. The van der Waals surface area contributed by atoms with Crippen LogP contribution in [-0.2, 0) is 0 Å². The van der Waals surface area contributed by atoms with Gasteiger partial charge in [0.1, 0.15) is 0 Å². The quantitative estimate of drug-likeness (QED) is 0.808. The van der Waals surface area contributed by atoms with E-state index in [2.05, 4.69) is 28.7 Å². The molecule has 1 atom stereocenters. The topological polar surface area (TPSA) is 40.7 Å². The van der Waals surface area contributed by atoms with E-state index < -0.39 is 0 Å². The lowest BCUT2D eigenvalue weighted by molar-refractivity contribution is 0.333. The average Bonchev–Trinajstić information content (AvgIpc) is 2.69. The Balaban J connectivity index is 1.82. The molecule has 0 saturated heterocycles. The number of aromatic nitrogens is 2. The molecule has 0 aliphatic heterocycles. The van der Waals surface area contributed by atoms with Crippen LogP contribution in [0.5, 0.6) is 0 Å². The zero-order chi connectivity index (χ0) is 10.7. The molecule has 1 fully saturated rings. The second-order valence-corrected chi connectivity index (χ2v) is 5.63. The first-order chi connectivity index (χ1) is 7.26. The van der Waals surface area contributed by atoms with Gasteiger partial charge in [0, 0.05) is 23.5 Å². The molecule has 3 nitrogen and oxygen atoms in total. The maximum absolute atomic E-state index is 3.97. The van der Waals surface area contributed by atoms with Crippen molar-refractivity contribution in [2.75, 3.05) is 12.8 Å². The zero-order valence-corrected chi connectivity index (χ0v) is 10.2. The van der Waals surface area contributed by atoms with Gasteiger partial charge in [-0.15, -0.1) is 0 Å². The smallest absolute Gasteiger partial charge is 0.0518 e. The van der Waals surface area contributed by atoms with E-state index in [1.807, 2.05) is 17.8 Å². The molecular formula is C11H19N3S. The van der Waals surface area contributed by atoms with Gasteiger partial charge in [-0.3, -0.25) is 5.10 Å². The van der Waals surface area contributed by atoms with Crippen molar-refractivity contribution in [2.45, 2.75) is 37.0 Å². The van der Waals surface area contributed by atoms with Gasteiger partial charge >= 0.3 is 0 Å². The van der Waals surface area contributed by atoms with Gasteiger partial charge in [-0.05, 0) is 32.1 Å². The van der Waals surface area contributed by atoms with E-state index in [1.54, 1.807) is 6.20 Å². The van der Waals surface area contributed by atoms with Gasteiger partial charge in [-0.1, -0.05) is 6.42 Å². The van der Waals surface area contributed by atoms with E-state index in [4.69, 9.17) is 0 Å². The number of H-pyrrole nitrogens is 1. The Kier molecular flexibility index (Phi) is 3.36. The van der Waals surface area contributed by atoms with Crippen LogP contribution in [0.2, 0.25) is 0 Å². The number of nitrogens with zero attached hydrogens (tertiary/aromatic N) is 1. The van der Waals surface area contributed by atoms with E-state index >= 15 is 0 Å². The number of rotatable bonds is 5. The number of nitrogens with one attached hydrogen (secondary N) is 2. The molecular weight excluding hydrogens is 206 g/mol. The summed E-state index contributed by atoms with van der Waals surface area (Å²) in [6.45, 7) is 3.29. The van der Waals surface area contributed by atoms with E-state index in [9.17, 15) is 0 Å². The third-order valence-electron chi connectivity index (χ3n) is 3.42. The van der Waals surface area contributed by atoms with Gasteiger partial charge < -0.3 is 5.32 Å². The molecule has 0 amide bonds. The van der Waals surface area contributed by atoms with E-state index in [1.165, 1.54) is 25.0 Å². The summed E-state index contributed by atoms with van der Waals surface area (Å²) in [5.41, 5.74) is 1.17. The monoisotopic (exact) mass is 225 g/mol. The number of aromatic amines is 1. The van der Waals surface area contributed by atoms with Crippen molar-refractivity contribution in [3.63, 3.8) is 0 Å². The molecule has 0 aromatic carbocycles. The fourth-order valence-electron chi connectivity index (χ4n) is 1.98. The van der Waals surface area contributed by atoms with Gasteiger partial charge in [-0.25, -0.2) is 0 Å². The van der Waals surface area contributed by atoms with Crippen molar-refractivity contribution < 1.29 is 0 Å². The van der Waals surface area contributed by atoms with Crippen LogP contribution in [0, 0.1) is 0 Å². The second-order valence-electron chi connectivity index (χ2n) is 4.36. The summed E-state index contributed by atoms with van der Waals surface area (Å²) in [7, 11) is 0. The van der Waals surface area contributed by atoms with Gasteiger partial charge in [0.05, 0.1) is 5.69 Å². The molecule has 1 aromatic rings. The third kappa shape index (κ3) is 2.37. The fourth-order valence-corrected chi connectivity index (χ4v) is 2.91. The van der Waals surface area contributed by atoms with Crippen molar-refractivity contribution in [3.8, 4) is 0 Å². The van der Waals surface area contributed by atoms with Crippen molar-refractivity contribution in [3.05, 3.63) is 18.0 Å². The number of thioether (sulfide) groups is 1. The van der Waals surface area contributed by atoms with E-state index in [0.29, 0.717) is 10.8 Å². The van der Waals surface area contributed by atoms with Gasteiger partial charge in [0.15, 0.2) is 0 Å². The molecule has 0 radical (unpaired) electrons. The van der Waals surface area contributed by atoms with Crippen LogP contribution in [0.25, 0.3) is 0 Å². The highest BCUT2D eigenvalue weighted by molar-refractivity contribution is 8.00. The normalized spacial score (nSPS) is 20.9. The Morgan fingerprint density at radius 1 is 1.67 bits per heavy atom. The van der Waals surface area contributed by atoms with Gasteiger partial charge in [0.25, 0.3) is 0 Å². The maximum Gasteiger partial charge on any atom is 0.0518 e. The molecule has 2 N–H and O–H groups in total. The Morgan fingerprint density at radius 3 is 2.93 bits per heavy atom. The van der Waals surface area contributed by atoms with Crippen LogP contribution in [0.3, 0.4) is 0 Å². The first-order valence-corrected chi connectivity index (χ1v) is 6.76. The summed E-state index contributed by atoms with van der Waals surface area (Å²) < 4.78 is 0.508. The molecule has 0 bridgehead atoms. The summed E-state index contributed by atoms with van der Waals surface area (Å²) >= 11 is 2.01. The standard InChI is InChI=1S/C11H19N3S/c1-9(10-4-7-13-14-10)12-8-11(15-2)5-3-6-11/h4,7,9,12H,3,5-6,8H2,1-2H3,(H,13,14). The molecule has 84 valence electrons. The molecule has 1 aromatic heterocycles. The maximum atomic E-state index is 3.97. The SMILES string of the molecule is CSC1(CNC(C)c2ccn[nH]2)CCC1. The summed E-state index contributed by atoms with van der Waals surface area (Å²) in [6.07, 6.45) is 8.14. The molecule has 15 heavy (non-hydrogen) atoms. The summed E-state index contributed by atoms with van der Waals surface area (Å²) in [5.74, 6) is 0. The van der Waals surface area contributed by atoms with Crippen LogP contribution in [-0.4, -0.2) is 27.7 Å². The minimum absolute atomic E-state index is 0.372. The molecule has 2 rings (SSSR count). The second kappa shape index (κ2) is 4.58. The zero-order valence-electron chi connectivity index (χ0n) is 9.42. The van der Waals surface area contributed by atoms with Crippen molar-refractivity contribution in [1.82, 2.24) is 15.5 Å². The van der Waals surface area contributed by atoms with Crippen molar-refractivity contribution >= 4 is 11.8 Å². The Morgan fingerprint density at radius 2 is 2.47 bits per heavy atom. The highest BCUT2D eigenvalue weighted by Gasteiger charge is 2.35. The first-order valence-electron chi connectivity index (χ1n) is 5.54. The Bertz CT molecular complexity index is 287. The van der Waals surface area contributed by atoms with Crippen molar-refractivity contribution in [2.24, 2.45) is 0 Å². The average molecular weight is 225 g/mol. The number of hydrogen-bond donors (Lipinski definition) is 2. The predicted octanol–water partition coefficient (Wildman–Crippen LogP) is 2.35. The Hall–Kier alpha value is -0.480.